The molecule has 0 unspecified atom stereocenters. The molecular weight excluding hydrogens is 398 g/mol. The van der Waals surface area contributed by atoms with E-state index in [-0.39, 0.29) is 11.6 Å². The molecule has 0 heterocycles. The third kappa shape index (κ3) is 6.14. The lowest BCUT2D eigenvalue weighted by Crippen LogP contribution is -1.79. The fraction of sp³-hybridized carbons (Fsp3) is 0. The first-order valence-electron chi connectivity index (χ1n) is 10.2. The van der Waals surface area contributed by atoms with E-state index in [1.807, 2.05) is 72.8 Å². The summed E-state index contributed by atoms with van der Waals surface area (Å²) in [6.07, 6.45) is 7.88. The second-order valence-electron chi connectivity index (χ2n) is 7.26. The van der Waals surface area contributed by atoms with Gasteiger partial charge >= 0.3 is 0 Å². The van der Waals surface area contributed by atoms with E-state index in [2.05, 4.69) is 11.8 Å². The first kappa shape index (κ1) is 21.0. The molecule has 2 heteroatoms. The minimum absolute atomic E-state index is 0.235. The van der Waals surface area contributed by atoms with E-state index in [1.54, 1.807) is 24.3 Å². The molecule has 154 valence electrons. The van der Waals surface area contributed by atoms with Gasteiger partial charge in [-0.1, -0.05) is 84.7 Å². The van der Waals surface area contributed by atoms with Crippen LogP contribution in [-0.4, -0.2) is 0 Å². The molecule has 0 aliphatic carbocycles. The van der Waals surface area contributed by atoms with E-state index in [4.69, 9.17) is 0 Å². The highest BCUT2D eigenvalue weighted by atomic mass is 19.1. The lowest BCUT2D eigenvalue weighted by atomic mass is 10.1. The molecule has 0 nitrogen and oxygen atoms in total. The molecule has 4 aromatic carbocycles. The Bertz CT molecular complexity index is 1180. The van der Waals surface area contributed by atoms with Crippen LogP contribution in [0.5, 0.6) is 0 Å². The number of rotatable bonds is 4. The number of hydrogen-bond donors (Lipinski definition) is 0. The molecule has 0 bridgehead atoms. The van der Waals surface area contributed by atoms with Crippen LogP contribution >= 0.6 is 0 Å². The highest BCUT2D eigenvalue weighted by molar-refractivity contribution is 5.70. The van der Waals surface area contributed by atoms with Gasteiger partial charge in [-0.3, -0.25) is 0 Å². The van der Waals surface area contributed by atoms with Gasteiger partial charge < -0.3 is 0 Å². The van der Waals surface area contributed by atoms with Gasteiger partial charge in [0.1, 0.15) is 11.6 Å². The van der Waals surface area contributed by atoms with Crippen molar-refractivity contribution in [3.63, 3.8) is 0 Å². The van der Waals surface area contributed by atoms with Crippen molar-refractivity contribution in [3.05, 3.63) is 142 Å². The molecule has 0 N–H and O–H groups in total. The lowest BCUT2D eigenvalue weighted by molar-refractivity contribution is 0.627. The molecule has 4 aromatic rings. The molecule has 0 radical (unpaired) electrons. The van der Waals surface area contributed by atoms with Gasteiger partial charge in [0.15, 0.2) is 0 Å². The van der Waals surface area contributed by atoms with E-state index in [0.29, 0.717) is 0 Å². The Morgan fingerprint density at radius 3 is 0.906 bits per heavy atom. The first-order valence-corrected chi connectivity index (χ1v) is 10.2. The van der Waals surface area contributed by atoms with Gasteiger partial charge in [-0.2, -0.15) is 0 Å². The van der Waals surface area contributed by atoms with Crippen LogP contribution in [0.4, 0.5) is 8.78 Å². The van der Waals surface area contributed by atoms with Gasteiger partial charge in [0.05, 0.1) is 0 Å². The SMILES string of the molecule is Fc1ccc(/C=C/c2ccc(C#Cc3ccc(/C=C/c4ccc(F)cc4)cc3)cc2)cc1. The monoisotopic (exact) mass is 418 g/mol. The van der Waals surface area contributed by atoms with Crippen molar-refractivity contribution >= 4 is 24.3 Å². The molecule has 0 fully saturated rings. The fourth-order valence-electron chi connectivity index (χ4n) is 3.03. The summed E-state index contributed by atoms with van der Waals surface area (Å²) in [6.45, 7) is 0. The number of benzene rings is 4. The zero-order valence-corrected chi connectivity index (χ0v) is 17.3. The average Bonchev–Trinajstić information content (AvgIpc) is 2.83. The maximum absolute atomic E-state index is 13.0. The average molecular weight is 418 g/mol. The molecular formula is C30H20F2. The Morgan fingerprint density at radius 2 is 0.625 bits per heavy atom. The maximum Gasteiger partial charge on any atom is 0.123 e. The van der Waals surface area contributed by atoms with E-state index < -0.39 is 0 Å². The van der Waals surface area contributed by atoms with Crippen molar-refractivity contribution in [2.24, 2.45) is 0 Å². The molecule has 0 spiro atoms. The molecule has 0 saturated carbocycles. The Balaban J connectivity index is 1.37. The van der Waals surface area contributed by atoms with Crippen LogP contribution < -0.4 is 0 Å². The van der Waals surface area contributed by atoms with Crippen molar-refractivity contribution in [3.8, 4) is 11.8 Å². The van der Waals surface area contributed by atoms with Crippen LogP contribution in [0.2, 0.25) is 0 Å². The van der Waals surface area contributed by atoms with E-state index in [9.17, 15) is 8.78 Å². The summed E-state index contributed by atoms with van der Waals surface area (Å²) in [5.41, 5.74) is 5.88. The Hall–Kier alpha value is -4.22. The molecule has 0 atom stereocenters. The van der Waals surface area contributed by atoms with Gasteiger partial charge in [-0.15, -0.1) is 0 Å². The molecule has 4 rings (SSSR count). The Labute approximate surface area is 187 Å². The van der Waals surface area contributed by atoms with Crippen LogP contribution in [0.15, 0.2) is 97.1 Å². The van der Waals surface area contributed by atoms with E-state index in [0.717, 1.165) is 33.4 Å². The summed E-state index contributed by atoms with van der Waals surface area (Å²) in [5.74, 6) is 5.89. The largest absolute Gasteiger partial charge is 0.207 e. The second-order valence-corrected chi connectivity index (χ2v) is 7.26. The summed E-state index contributed by atoms with van der Waals surface area (Å²) in [7, 11) is 0. The summed E-state index contributed by atoms with van der Waals surface area (Å²) in [4.78, 5) is 0. The molecule has 0 aliphatic rings. The van der Waals surface area contributed by atoms with Crippen LogP contribution in [0, 0.1) is 23.5 Å². The quantitative estimate of drug-likeness (QED) is 0.235. The Morgan fingerprint density at radius 1 is 0.375 bits per heavy atom. The lowest BCUT2D eigenvalue weighted by Gasteiger charge is -1.97. The number of halogens is 2. The topological polar surface area (TPSA) is 0 Å². The number of hydrogen-bond acceptors (Lipinski definition) is 0. The minimum atomic E-state index is -0.235. The van der Waals surface area contributed by atoms with Crippen LogP contribution in [0.3, 0.4) is 0 Å². The highest BCUT2D eigenvalue weighted by Crippen LogP contribution is 2.12. The van der Waals surface area contributed by atoms with Crippen molar-refractivity contribution < 1.29 is 8.78 Å². The van der Waals surface area contributed by atoms with Crippen LogP contribution in [0.25, 0.3) is 24.3 Å². The Kier molecular flexibility index (Phi) is 6.70. The predicted molar refractivity (Wildman–Crippen MR) is 130 cm³/mol. The van der Waals surface area contributed by atoms with Crippen LogP contribution in [0.1, 0.15) is 33.4 Å². The minimum Gasteiger partial charge on any atom is -0.207 e. The summed E-state index contributed by atoms with van der Waals surface area (Å²) >= 11 is 0. The van der Waals surface area contributed by atoms with Gasteiger partial charge in [0, 0.05) is 11.1 Å². The van der Waals surface area contributed by atoms with Crippen molar-refractivity contribution in [2.75, 3.05) is 0 Å². The smallest absolute Gasteiger partial charge is 0.123 e. The van der Waals surface area contributed by atoms with E-state index in [1.165, 1.54) is 24.3 Å². The zero-order valence-electron chi connectivity index (χ0n) is 17.3. The summed E-state index contributed by atoms with van der Waals surface area (Å²) in [6, 6.07) is 28.7. The molecule has 0 aromatic heterocycles. The zero-order chi connectivity index (χ0) is 22.2. The highest BCUT2D eigenvalue weighted by Gasteiger charge is 1.93. The van der Waals surface area contributed by atoms with Gasteiger partial charge in [-0.05, 0) is 70.8 Å². The third-order valence-electron chi connectivity index (χ3n) is 4.85. The van der Waals surface area contributed by atoms with Crippen molar-refractivity contribution in [2.45, 2.75) is 0 Å². The van der Waals surface area contributed by atoms with Crippen molar-refractivity contribution in [1.29, 1.82) is 0 Å². The third-order valence-corrected chi connectivity index (χ3v) is 4.85. The van der Waals surface area contributed by atoms with E-state index >= 15 is 0 Å². The molecule has 0 amide bonds. The second kappa shape index (κ2) is 10.2. The molecule has 0 aliphatic heterocycles. The van der Waals surface area contributed by atoms with Crippen molar-refractivity contribution in [1.82, 2.24) is 0 Å². The maximum atomic E-state index is 13.0. The molecule has 0 saturated heterocycles. The normalized spacial score (nSPS) is 10.9. The van der Waals surface area contributed by atoms with Gasteiger partial charge in [-0.25, -0.2) is 8.78 Å². The molecule has 32 heavy (non-hydrogen) atoms. The fourth-order valence-corrected chi connectivity index (χ4v) is 3.03. The van der Waals surface area contributed by atoms with Gasteiger partial charge in [0.2, 0.25) is 0 Å². The summed E-state index contributed by atoms with van der Waals surface area (Å²) in [5, 5.41) is 0. The van der Waals surface area contributed by atoms with Crippen LogP contribution in [-0.2, 0) is 0 Å². The predicted octanol–water partition coefficient (Wildman–Crippen LogP) is 7.71. The summed E-state index contributed by atoms with van der Waals surface area (Å²) < 4.78 is 25.9. The standard InChI is InChI=1S/C30H20F2/c31-29-19-15-27(16-20-29)13-11-25-7-3-23(4-8-25)1-2-24-5-9-26(10-6-24)12-14-28-17-21-30(32)22-18-28/h3-22H/b13-11+,14-12+. The first-order chi connectivity index (χ1) is 15.6. The van der Waals surface area contributed by atoms with Gasteiger partial charge in [0.25, 0.3) is 0 Å².